The third-order valence-electron chi connectivity index (χ3n) is 4.27. The molecule has 0 aliphatic carbocycles. The minimum absolute atomic E-state index is 0.109. The number of carbonyl (C=O) groups excluding carboxylic acids is 1. The number of fused-ring (bicyclic) bond motifs is 1. The van der Waals surface area contributed by atoms with Crippen LogP contribution < -0.4 is 5.56 Å². The predicted octanol–water partition coefficient (Wildman–Crippen LogP) is 2.43. The molecule has 24 heavy (non-hydrogen) atoms. The quantitative estimate of drug-likeness (QED) is 0.682. The van der Waals surface area contributed by atoms with Gasteiger partial charge in [0.2, 0.25) is 5.91 Å². The maximum atomic E-state index is 12.4. The van der Waals surface area contributed by atoms with Crippen LogP contribution in [0.2, 0.25) is 0 Å². The van der Waals surface area contributed by atoms with Gasteiger partial charge < -0.3 is 9.88 Å². The van der Waals surface area contributed by atoms with Crippen LogP contribution in [0.5, 0.6) is 0 Å². The Bertz CT molecular complexity index is 810. The second kappa shape index (κ2) is 7.34. The van der Waals surface area contributed by atoms with Gasteiger partial charge in [0.25, 0.3) is 5.56 Å². The average Bonchev–Trinajstić information content (AvgIpc) is 2.80. The summed E-state index contributed by atoms with van der Waals surface area (Å²) in [6.45, 7) is 5.43. The van der Waals surface area contributed by atoms with Crippen molar-refractivity contribution in [1.82, 2.24) is 19.9 Å². The molecule has 0 bridgehead atoms. The van der Waals surface area contributed by atoms with Crippen LogP contribution in [0.4, 0.5) is 0 Å². The lowest BCUT2D eigenvalue weighted by Gasteiger charge is -2.19. The summed E-state index contributed by atoms with van der Waals surface area (Å²) in [5, 5.41) is 0.969. The molecule has 3 heterocycles. The lowest BCUT2D eigenvalue weighted by molar-refractivity contribution is -0.128. The molecular formula is C17H22N4O2S. The number of H-pyrrole nitrogens is 1. The highest BCUT2D eigenvalue weighted by molar-refractivity contribution is 7.99. The molecule has 1 aliphatic heterocycles. The molecule has 1 N–H and O–H groups in total. The molecule has 3 rings (SSSR count). The van der Waals surface area contributed by atoms with E-state index in [0.717, 1.165) is 37.2 Å². The fraction of sp³-hybridized carbons (Fsp3) is 0.529. The summed E-state index contributed by atoms with van der Waals surface area (Å²) in [6.07, 6.45) is 4.54. The van der Waals surface area contributed by atoms with Gasteiger partial charge in [-0.3, -0.25) is 9.59 Å². The van der Waals surface area contributed by atoms with Crippen molar-refractivity contribution in [3.05, 3.63) is 27.7 Å². The molecule has 7 heteroatoms. The summed E-state index contributed by atoms with van der Waals surface area (Å²) in [4.78, 5) is 38.1. The van der Waals surface area contributed by atoms with Gasteiger partial charge in [0.05, 0.1) is 11.1 Å². The molecule has 2 aromatic heterocycles. The van der Waals surface area contributed by atoms with Crippen molar-refractivity contribution in [3.63, 3.8) is 0 Å². The van der Waals surface area contributed by atoms with Crippen molar-refractivity contribution >= 4 is 28.7 Å². The molecule has 0 atom stereocenters. The molecule has 1 fully saturated rings. The smallest absolute Gasteiger partial charge is 0.261 e. The second-order valence-electron chi connectivity index (χ2n) is 6.23. The Labute approximate surface area is 145 Å². The number of carbonyl (C=O) groups is 1. The number of aromatic amines is 1. The number of amides is 1. The minimum atomic E-state index is -0.199. The first-order chi connectivity index (χ1) is 11.5. The average molecular weight is 346 g/mol. The summed E-state index contributed by atoms with van der Waals surface area (Å²) < 4.78 is 0. The Morgan fingerprint density at radius 2 is 1.92 bits per heavy atom. The van der Waals surface area contributed by atoms with E-state index >= 15 is 0 Å². The Morgan fingerprint density at radius 3 is 2.62 bits per heavy atom. The number of hydrogen-bond donors (Lipinski definition) is 1. The van der Waals surface area contributed by atoms with Gasteiger partial charge in [-0.05, 0) is 38.3 Å². The molecule has 1 aliphatic rings. The van der Waals surface area contributed by atoms with E-state index in [4.69, 9.17) is 0 Å². The molecule has 128 valence electrons. The van der Waals surface area contributed by atoms with Gasteiger partial charge in [-0.25, -0.2) is 9.97 Å². The van der Waals surface area contributed by atoms with Crippen molar-refractivity contribution in [3.8, 4) is 0 Å². The lowest BCUT2D eigenvalue weighted by Crippen LogP contribution is -2.33. The zero-order valence-electron chi connectivity index (χ0n) is 14.1. The Morgan fingerprint density at radius 1 is 1.21 bits per heavy atom. The summed E-state index contributed by atoms with van der Waals surface area (Å²) in [5.74, 6) is 0.400. The van der Waals surface area contributed by atoms with Crippen LogP contribution in [0.3, 0.4) is 0 Å². The van der Waals surface area contributed by atoms with Crippen molar-refractivity contribution in [2.75, 3.05) is 18.8 Å². The fourth-order valence-electron chi connectivity index (χ4n) is 3.07. The minimum Gasteiger partial charge on any atom is -0.342 e. The third kappa shape index (κ3) is 3.77. The van der Waals surface area contributed by atoms with Gasteiger partial charge in [-0.2, -0.15) is 0 Å². The molecule has 0 aromatic carbocycles. The number of pyridine rings is 1. The van der Waals surface area contributed by atoms with E-state index in [0.29, 0.717) is 21.9 Å². The van der Waals surface area contributed by atoms with Crippen molar-refractivity contribution < 1.29 is 4.79 Å². The normalized spacial score (nSPS) is 15.5. The van der Waals surface area contributed by atoms with Gasteiger partial charge in [0.15, 0.2) is 10.8 Å². The highest BCUT2D eigenvalue weighted by Crippen LogP contribution is 2.18. The van der Waals surface area contributed by atoms with E-state index in [1.54, 1.807) is 0 Å². The van der Waals surface area contributed by atoms with Gasteiger partial charge in [0, 0.05) is 18.8 Å². The summed E-state index contributed by atoms with van der Waals surface area (Å²) in [6, 6.07) is 1.87. The van der Waals surface area contributed by atoms with Crippen LogP contribution in [0.1, 0.15) is 36.9 Å². The maximum absolute atomic E-state index is 12.4. The number of nitrogens with one attached hydrogen (secondary N) is 1. The summed E-state index contributed by atoms with van der Waals surface area (Å²) in [5.41, 5.74) is 1.94. The summed E-state index contributed by atoms with van der Waals surface area (Å²) >= 11 is 1.27. The van der Waals surface area contributed by atoms with Crippen LogP contribution in [0.15, 0.2) is 16.0 Å². The van der Waals surface area contributed by atoms with E-state index in [1.165, 1.54) is 24.6 Å². The van der Waals surface area contributed by atoms with Crippen molar-refractivity contribution in [2.45, 2.75) is 44.7 Å². The number of thioether (sulfide) groups is 1. The van der Waals surface area contributed by atoms with Crippen LogP contribution >= 0.6 is 11.8 Å². The number of hydrogen-bond acceptors (Lipinski definition) is 5. The molecule has 0 unspecified atom stereocenters. The molecule has 2 aromatic rings. The fourth-order valence-corrected chi connectivity index (χ4v) is 3.83. The molecular weight excluding hydrogens is 324 g/mol. The number of aromatic nitrogens is 3. The highest BCUT2D eigenvalue weighted by Gasteiger charge is 2.16. The first-order valence-electron chi connectivity index (χ1n) is 8.33. The molecule has 0 saturated carbocycles. The topological polar surface area (TPSA) is 79.0 Å². The number of aryl methyl sites for hydroxylation is 2. The monoisotopic (exact) mass is 346 g/mol. The zero-order valence-corrected chi connectivity index (χ0v) is 14.9. The highest BCUT2D eigenvalue weighted by atomic mass is 32.2. The van der Waals surface area contributed by atoms with Crippen LogP contribution in [-0.4, -0.2) is 44.6 Å². The largest absolute Gasteiger partial charge is 0.342 e. The maximum Gasteiger partial charge on any atom is 0.261 e. The Balaban J connectivity index is 1.75. The molecule has 6 nitrogen and oxygen atoms in total. The Kier molecular flexibility index (Phi) is 5.18. The second-order valence-corrected chi connectivity index (χ2v) is 7.20. The van der Waals surface area contributed by atoms with Gasteiger partial charge in [0.1, 0.15) is 0 Å². The van der Waals surface area contributed by atoms with E-state index in [2.05, 4.69) is 15.0 Å². The van der Waals surface area contributed by atoms with Crippen LogP contribution in [0, 0.1) is 13.8 Å². The molecule has 0 spiro atoms. The van der Waals surface area contributed by atoms with Crippen molar-refractivity contribution in [2.24, 2.45) is 0 Å². The Hall–Kier alpha value is -1.89. The molecule has 1 saturated heterocycles. The lowest BCUT2D eigenvalue weighted by atomic mass is 10.2. The van der Waals surface area contributed by atoms with Gasteiger partial charge in [-0.15, -0.1) is 0 Å². The SMILES string of the molecule is Cc1cc(C)c2c(=O)[nH]c(SCC(=O)N3CCCCCC3)nc2n1. The number of nitrogens with zero attached hydrogens (tertiary/aromatic N) is 3. The van der Waals surface area contributed by atoms with Crippen LogP contribution in [-0.2, 0) is 4.79 Å². The summed E-state index contributed by atoms with van der Waals surface area (Å²) in [7, 11) is 0. The standard InChI is InChI=1S/C17H22N4O2S/c1-11-9-12(2)18-15-14(11)16(23)20-17(19-15)24-10-13(22)21-7-5-3-4-6-8-21/h9H,3-8,10H2,1-2H3,(H,18,19,20,23). The predicted molar refractivity (Wildman–Crippen MR) is 95.4 cm³/mol. The van der Waals surface area contributed by atoms with Gasteiger partial charge in [-0.1, -0.05) is 24.6 Å². The van der Waals surface area contributed by atoms with Gasteiger partial charge >= 0.3 is 0 Å². The first kappa shape index (κ1) is 17.0. The van der Waals surface area contributed by atoms with E-state index in [9.17, 15) is 9.59 Å². The molecule has 1 amide bonds. The zero-order chi connectivity index (χ0) is 17.1. The van der Waals surface area contributed by atoms with E-state index in [1.807, 2.05) is 24.8 Å². The third-order valence-corrected chi connectivity index (χ3v) is 5.13. The number of rotatable bonds is 3. The number of likely N-dealkylation sites (tertiary alicyclic amines) is 1. The van der Waals surface area contributed by atoms with E-state index in [-0.39, 0.29) is 11.5 Å². The van der Waals surface area contributed by atoms with Crippen molar-refractivity contribution in [1.29, 1.82) is 0 Å². The first-order valence-corrected chi connectivity index (χ1v) is 9.32. The molecule has 0 radical (unpaired) electrons. The van der Waals surface area contributed by atoms with E-state index < -0.39 is 0 Å². The van der Waals surface area contributed by atoms with Crippen LogP contribution in [0.25, 0.3) is 11.0 Å².